The Balaban J connectivity index is 1.77. The highest BCUT2D eigenvalue weighted by atomic mass is 35.5. The third-order valence-electron chi connectivity index (χ3n) is 5.71. The molecular formula is C23H26ClN3O. The van der Waals surface area contributed by atoms with Gasteiger partial charge in [-0.05, 0) is 63.2 Å². The summed E-state index contributed by atoms with van der Waals surface area (Å²) in [4.78, 5) is 15.6. The molecule has 0 bridgehead atoms. The summed E-state index contributed by atoms with van der Waals surface area (Å²) in [6.07, 6.45) is 4.96. The second kappa shape index (κ2) is 8.46. The Labute approximate surface area is 170 Å². The summed E-state index contributed by atoms with van der Waals surface area (Å²) in [7, 11) is 2.16. The summed E-state index contributed by atoms with van der Waals surface area (Å²) in [5.41, 5.74) is 2.13. The molecule has 0 spiro atoms. The molecular weight excluding hydrogens is 370 g/mol. The van der Waals surface area contributed by atoms with Crippen LogP contribution in [0.25, 0.3) is 10.8 Å². The van der Waals surface area contributed by atoms with Crippen LogP contribution in [0.5, 0.6) is 0 Å². The SMILES string of the molecule is CN1CCCCC(n2nc(Cc3ccc(Cl)cc3)c3ccccc3c2=O)CC1. The fourth-order valence-electron chi connectivity index (χ4n) is 4.08. The fourth-order valence-corrected chi connectivity index (χ4v) is 4.21. The van der Waals surface area contributed by atoms with Gasteiger partial charge in [0, 0.05) is 16.8 Å². The van der Waals surface area contributed by atoms with Crippen LogP contribution in [0.15, 0.2) is 53.3 Å². The van der Waals surface area contributed by atoms with E-state index in [0.717, 1.165) is 59.4 Å². The van der Waals surface area contributed by atoms with Gasteiger partial charge in [0.2, 0.25) is 0 Å². The minimum atomic E-state index is 0.0312. The van der Waals surface area contributed by atoms with Crippen molar-refractivity contribution in [2.45, 2.75) is 38.1 Å². The summed E-state index contributed by atoms with van der Waals surface area (Å²) in [6, 6.07) is 15.9. The lowest BCUT2D eigenvalue weighted by Crippen LogP contribution is -2.33. The van der Waals surface area contributed by atoms with E-state index in [2.05, 4.69) is 11.9 Å². The minimum Gasteiger partial charge on any atom is -0.306 e. The number of halogens is 1. The van der Waals surface area contributed by atoms with Gasteiger partial charge in [0.25, 0.3) is 5.56 Å². The number of aromatic nitrogens is 2. The molecule has 2 heterocycles. The van der Waals surface area contributed by atoms with Gasteiger partial charge in [0.05, 0.1) is 17.1 Å². The zero-order valence-electron chi connectivity index (χ0n) is 16.3. The quantitative estimate of drug-likeness (QED) is 0.645. The van der Waals surface area contributed by atoms with E-state index in [0.29, 0.717) is 6.42 Å². The Kier molecular flexibility index (Phi) is 5.79. The van der Waals surface area contributed by atoms with Crippen molar-refractivity contribution >= 4 is 22.4 Å². The summed E-state index contributed by atoms with van der Waals surface area (Å²) in [5, 5.41) is 7.33. The van der Waals surface area contributed by atoms with Gasteiger partial charge in [-0.2, -0.15) is 5.10 Å². The van der Waals surface area contributed by atoms with Crippen LogP contribution in [0.3, 0.4) is 0 Å². The summed E-state index contributed by atoms with van der Waals surface area (Å²) < 4.78 is 1.77. The molecule has 0 radical (unpaired) electrons. The topological polar surface area (TPSA) is 38.1 Å². The Morgan fingerprint density at radius 2 is 1.75 bits per heavy atom. The van der Waals surface area contributed by atoms with Crippen LogP contribution in [-0.2, 0) is 6.42 Å². The average Bonchev–Trinajstić information content (AvgIpc) is 2.69. The summed E-state index contributed by atoms with van der Waals surface area (Å²) in [5.74, 6) is 0. The van der Waals surface area contributed by atoms with E-state index in [9.17, 15) is 4.79 Å². The van der Waals surface area contributed by atoms with Gasteiger partial charge >= 0.3 is 0 Å². The van der Waals surface area contributed by atoms with Gasteiger partial charge in [-0.1, -0.05) is 48.4 Å². The Bertz CT molecular complexity index is 1010. The number of hydrogen-bond donors (Lipinski definition) is 0. The van der Waals surface area contributed by atoms with Crippen LogP contribution in [0, 0.1) is 0 Å². The van der Waals surface area contributed by atoms with Crippen molar-refractivity contribution in [1.82, 2.24) is 14.7 Å². The molecule has 0 aliphatic carbocycles. The molecule has 1 unspecified atom stereocenters. The zero-order valence-corrected chi connectivity index (χ0v) is 17.0. The first-order valence-corrected chi connectivity index (χ1v) is 10.4. The third-order valence-corrected chi connectivity index (χ3v) is 5.96. The molecule has 0 amide bonds. The molecule has 4 nitrogen and oxygen atoms in total. The van der Waals surface area contributed by atoms with E-state index >= 15 is 0 Å². The summed E-state index contributed by atoms with van der Waals surface area (Å²) in [6.45, 7) is 2.13. The molecule has 2 aromatic carbocycles. The number of rotatable bonds is 3. The first-order chi connectivity index (χ1) is 13.6. The number of benzene rings is 2. The van der Waals surface area contributed by atoms with Gasteiger partial charge in [-0.3, -0.25) is 4.79 Å². The number of hydrogen-bond acceptors (Lipinski definition) is 3. The fraction of sp³-hybridized carbons (Fsp3) is 0.391. The van der Waals surface area contributed by atoms with Crippen LogP contribution >= 0.6 is 11.6 Å². The van der Waals surface area contributed by atoms with Crippen molar-refractivity contribution in [3.05, 3.63) is 75.2 Å². The maximum absolute atomic E-state index is 13.2. The van der Waals surface area contributed by atoms with Gasteiger partial charge in [-0.25, -0.2) is 4.68 Å². The minimum absolute atomic E-state index is 0.0312. The van der Waals surface area contributed by atoms with E-state index in [1.807, 2.05) is 48.5 Å². The molecule has 0 saturated carbocycles. The van der Waals surface area contributed by atoms with Crippen molar-refractivity contribution in [3.63, 3.8) is 0 Å². The van der Waals surface area contributed by atoms with Crippen molar-refractivity contribution in [1.29, 1.82) is 0 Å². The molecule has 1 atom stereocenters. The lowest BCUT2D eigenvalue weighted by Gasteiger charge is -2.26. The second-order valence-electron chi connectivity index (χ2n) is 7.79. The lowest BCUT2D eigenvalue weighted by atomic mass is 10.0. The molecule has 0 N–H and O–H groups in total. The largest absolute Gasteiger partial charge is 0.306 e. The first kappa shape index (κ1) is 19.2. The van der Waals surface area contributed by atoms with Crippen LogP contribution in [0.2, 0.25) is 5.02 Å². The molecule has 1 aliphatic heterocycles. The standard InChI is InChI=1S/C23H26ClN3O/c1-26-14-5-4-6-19(13-15-26)27-23(28)21-8-3-2-7-20(21)22(25-27)16-17-9-11-18(24)12-10-17/h2-3,7-12,19H,4-6,13-16H2,1H3. The van der Waals surface area contributed by atoms with Gasteiger partial charge in [-0.15, -0.1) is 0 Å². The van der Waals surface area contributed by atoms with Gasteiger partial charge in [0.15, 0.2) is 0 Å². The van der Waals surface area contributed by atoms with Crippen molar-refractivity contribution in [3.8, 4) is 0 Å². The monoisotopic (exact) mass is 395 g/mol. The molecule has 146 valence electrons. The highest BCUT2D eigenvalue weighted by Gasteiger charge is 2.20. The number of likely N-dealkylation sites (tertiary alicyclic amines) is 1. The average molecular weight is 396 g/mol. The summed E-state index contributed by atoms with van der Waals surface area (Å²) >= 11 is 6.03. The second-order valence-corrected chi connectivity index (χ2v) is 8.22. The highest BCUT2D eigenvalue weighted by molar-refractivity contribution is 6.30. The Hall–Kier alpha value is -2.17. The normalized spacial score (nSPS) is 18.7. The van der Waals surface area contributed by atoms with E-state index in [4.69, 9.17) is 16.7 Å². The van der Waals surface area contributed by atoms with Crippen molar-refractivity contribution in [2.75, 3.05) is 20.1 Å². The molecule has 1 saturated heterocycles. The molecule has 28 heavy (non-hydrogen) atoms. The van der Waals surface area contributed by atoms with Crippen molar-refractivity contribution in [2.24, 2.45) is 0 Å². The Morgan fingerprint density at radius 1 is 1.00 bits per heavy atom. The Morgan fingerprint density at radius 3 is 2.54 bits per heavy atom. The molecule has 1 aliphatic rings. The van der Waals surface area contributed by atoms with Crippen molar-refractivity contribution < 1.29 is 0 Å². The molecule has 3 aromatic rings. The van der Waals surface area contributed by atoms with E-state index in [1.54, 1.807) is 4.68 Å². The van der Waals surface area contributed by atoms with E-state index < -0.39 is 0 Å². The molecule has 4 rings (SSSR count). The first-order valence-electron chi connectivity index (χ1n) is 10.1. The lowest BCUT2D eigenvalue weighted by molar-refractivity contribution is 0.245. The zero-order chi connectivity index (χ0) is 19.5. The highest BCUT2D eigenvalue weighted by Crippen LogP contribution is 2.23. The van der Waals surface area contributed by atoms with E-state index in [1.165, 1.54) is 6.42 Å². The van der Waals surface area contributed by atoms with E-state index in [-0.39, 0.29) is 11.6 Å². The maximum atomic E-state index is 13.2. The van der Waals surface area contributed by atoms with Gasteiger partial charge in [0.1, 0.15) is 0 Å². The third kappa shape index (κ3) is 4.13. The predicted molar refractivity (Wildman–Crippen MR) is 115 cm³/mol. The van der Waals surface area contributed by atoms with Crippen LogP contribution in [0.4, 0.5) is 0 Å². The van der Waals surface area contributed by atoms with Crippen LogP contribution < -0.4 is 5.56 Å². The number of fused-ring (bicyclic) bond motifs is 1. The van der Waals surface area contributed by atoms with Crippen LogP contribution in [0.1, 0.15) is 43.0 Å². The number of nitrogens with zero attached hydrogens (tertiary/aromatic N) is 3. The van der Waals surface area contributed by atoms with Gasteiger partial charge < -0.3 is 4.90 Å². The smallest absolute Gasteiger partial charge is 0.274 e. The predicted octanol–water partition coefficient (Wildman–Crippen LogP) is 4.69. The maximum Gasteiger partial charge on any atom is 0.274 e. The van der Waals surface area contributed by atoms with Crippen LogP contribution in [-0.4, -0.2) is 34.8 Å². The molecule has 1 fully saturated rings. The molecule has 1 aromatic heterocycles. The molecule has 5 heteroatoms.